The molecule has 0 amide bonds. The van der Waals surface area contributed by atoms with Crippen molar-refractivity contribution < 1.29 is 14.3 Å². The van der Waals surface area contributed by atoms with Crippen molar-refractivity contribution in [3.05, 3.63) is 29.8 Å². The number of aliphatic imine (C=N–C) groups is 1. The number of rotatable bonds is 9. The molecule has 2 N–H and O–H groups in total. The minimum atomic E-state index is -0.232. The van der Waals surface area contributed by atoms with Gasteiger partial charge in [0.25, 0.3) is 0 Å². The number of ether oxygens (including phenoxy) is 2. The third-order valence-electron chi connectivity index (χ3n) is 4.68. The molecule has 0 aromatic heterocycles. The molecule has 7 heteroatoms. The van der Waals surface area contributed by atoms with Gasteiger partial charge < -0.3 is 20.1 Å². The first-order valence-electron chi connectivity index (χ1n) is 9.65. The highest BCUT2D eigenvalue weighted by Crippen LogP contribution is 2.27. The minimum Gasteiger partial charge on any atom is -0.497 e. The molecular formula is C20H32N4O3. The number of carbonyl (C=O) groups is 1. The Morgan fingerprint density at radius 1 is 1.26 bits per heavy atom. The Balaban J connectivity index is 2.09. The third-order valence-corrected chi connectivity index (χ3v) is 4.68. The van der Waals surface area contributed by atoms with Gasteiger partial charge >= 0.3 is 5.97 Å². The molecule has 0 bridgehead atoms. The lowest BCUT2D eigenvalue weighted by Crippen LogP contribution is -2.39. The maximum Gasteiger partial charge on any atom is 0.307 e. The van der Waals surface area contributed by atoms with Crippen LogP contribution in [-0.2, 0) is 9.53 Å². The van der Waals surface area contributed by atoms with E-state index in [0.717, 1.165) is 25.4 Å². The quantitative estimate of drug-likeness (QED) is 0.390. The summed E-state index contributed by atoms with van der Waals surface area (Å²) in [5.41, 5.74) is 1.21. The van der Waals surface area contributed by atoms with E-state index in [4.69, 9.17) is 9.73 Å². The Bertz CT molecular complexity index is 615. The van der Waals surface area contributed by atoms with E-state index in [2.05, 4.69) is 32.4 Å². The largest absolute Gasteiger partial charge is 0.497 e. The Hall–Kier alpha value is -2.28. The molecule has 0 spiro atoms. The normalized spacial score (nSPS) is 16.0. The number of hydrogen-bond acceptors (Lipinski definition) is 5. The highest BCUT2D eigenvalue weighted by Gasteiger charge is 2.23. The van der Waals surface area contributed by atoms with Crippen LogP contribution in [0.5, 0.6) is 5.75 Å². The van der Waals surface area contributed by atoms with Crippen LogP contribution < -0.4 is 15.4 Å². The summed E-state index contributed by atoms with van der Waals surface area (Å²) in [6, 6.07) is 8.43. The number of nitrogens with zero attached hydrogens (tertiary/aromatic N) is 2. The lowest BCUT2D eigenvalue weighted by atomic mass is 10.1. The maximum atomic E-state index is 11.3. The average molecular weight is 377 g/mol. The van der Waals surface area contributed by atoms with Crippen LogP contribution in [0.4, 0.5) is 0 Å². The second-order valence-electron chi connectivity index (χ2n) is 6.51. The van der Waals surface area contributed by atoms with Gasteiger partial charge in [-0.3, -0.25) is 14.7 Å². The van der Waals surface area contributed by atoms with Crippen molar-refractivity contribution >= 4 is 11.9 Å². The molecule has 1 aliphatic rings. The molecule has 1 fully saturated rings. The third kappa shape index (κ3) is 6.75. The number of guanidine groups is 1. The van der Waals surface area contributed by atoms with E-state index in [9.17, 15) is 4.79 Å². The summed E-state index contributed by atoms with van der Waals surface area (Å²) in [6.07, 6.45) is 2.76. The average Bonchev–Trinajstić information content (AvgIpc) is 3.22. The van der Waals surface area contributed by atoms with Gasteiger partial charge in [0, 0.05) is 13.1 Å². The zero-order valence-corrected chi connectivity index (χ0v) is 16.7. The van der Waals surface area contributed by atoms with E-state index in [1.165, 1.54) is 25.5 Å². The summed E-state index contributed by atoms with van der Waals surface area (Å²) in [6.45, 7) is 6.09. The molecule has 1 aromatic carbocycles. The molecule has 0 saturated carbocycles. The highest BCUT2D eigenvalue weighted by molar-refractivity contribution is 5.80. The standard InChI is InChI=1S/C20H32N4O3/c1-4-21-20(22-11-10-19(25)27-3)23-15-18(24-12-5-6-13-24)16-8-7-9-17(14-16)26-2/h7-9,14,18H,4-6,10-13,15H2,1-3H3,(H2,21,22,23). The molecule has 1 heterocycles. The summed E-state index contributed by atoms with van der Waals surface area (Å²) in [5.74, 6) is 1.35. The van der Waals surface area contributed by atoms with E-state index in [1.807, 2.05) is 19.1 Å². The SMILES string of the molecule is CCNC(=NCC(c1cccc(OC)c1)N1CCCC1)NCCC(=O)OC. The van der Waals surface area contributed by atoms with Crippen molar-refractivity contribution in [2.75, 3.05) is 46.9 Å². The van der Waals surface area contributed by atoms with Gasteiger partial charge in [-0.1, -0.05) is 12.1 Å². The lowest BCUT2D eigenvalue weighted by Gasteiger charge is -2.27. The molecule has 150 valence electrons. The fraction of sp³-hybridized carbons (Fsp3) is 0.600. The van der Waals surface area contributed by atoms with Crippen molar-refractivity contribution in [3.8, 4) is 5.75 Å². The van der Waals surface area contributed by atoms with Gasteiger partial charge in [0.15, 0.2) is 5.96 Å². The molecular weight excluding hydrogens is 344 g/mol. The first-order chi connectivity index (χ1) is 13.2. The van der Waals surface area contributed by atoms with Gasteiger partial charge in [-0.05, 0) is 50.6 Å². The van der Waals surface area contributed by atoms with Gasteiger partial charge in [0.05, 0.1) is 33.2 Å². The predicted molar refractivity (Wildman–Crippen MR) is 107 cm³/mol. The fourth-order valence-electron chi connectivity index (χ4n) is 3.24. The van der Waals surface area contributed by atoms with Gasteiger partial charge in [-0.25, -0.2) is 0 Å². The van der Waals surface area contributed by atoms with Crippen LogP contribution in [-0.4, -0.2) is 63.8 Å². The monoisotopic (exact) mass is 376 g/mol. The van der Waals surface area contributed by atoms with Gasteiger partial charge in [-0.15, -0.1) is 0 Å². The predicted octanol–water partition coefficient (Wildman–Crippen LogP) is 1.95. The van der Waals surface area contributed by atoms with Crippen molar-refractivity contribution in [1.29, 1.82) is 0 Å². The van der Waals surface area contributed by atoms with Crippen molar-refractivity contribution in [2.45, 2.75) is 32.2 Å². The number of methoxy groups -OCH3 is 2. The second-order valence-corrected chi connectivity index (χ2v) is 6.51. The number of nitrogens with one attached hydrogen (secondary N) is 2. The number of carbonyl (C=O) groups excluding carboxylic acids is 1. The first kappa shape index (κ1) is 21.0. The van der Waals surface area contributed by atoms with E-state index < -0.39 is 0 Å². The summed E-state index contributed by atoms with van der Waals surface area (Å²) in [5, 5.41) is 6.44. The Labute approximate surface area is 162 Å². The zero-order valence-electron chi connectivity index (χ0n) is 16.7. The molecule has 1 aromatic rings. The van der Waals surface area contributed by atoms with Crippen LogP contribution in [0.15, 0.2) is 29.3 Å². The van der Waals surface area contributed by atoms with Crippen LogP contribution >= 0.6 is 0 Å². The molecule has 2 rings (SSSR count). The van der Waals surface area contributed by atoms with Crippen LogP contribution in [0, 0.1) is 0 Å². The van der Waals surface area contributed by atoms with Crippen LogP contribution in [0.3, 0.4) is 0 Å². The Morgan fingerprint density at radius 3 is 2.70 bits per heavy atom. The van der Waals surface area contributed by atoms with Crippen molar-refractivity contribution in [2.24, 2.45) is 4.99 Å². The number of likely N-dealkylation sites (tertiary alicyclic amines) is 1. The first-order valence-corrected chi connectivity index (χ1v) is 9.65. The number of esters is 1. The number of benzene rings is 1. The number of hydrogen-bond donors (Lipinski definition) is 2. The molecule has 1 unspecified atom stereocenters. The molecule has 1 aliphatic heterocycles. The highest BCUT2D eigenvalue weighted by atomic mass is 16.5. The molecule has 27 heavy (non-hydrogen) atoms. The molecule has 0 radical (unpaired) electrons. The summed E-state index contributed by atoms with van der Waals surface area (Å²) in [4.78, 5) is 18.6. The van der Waals surface area contributed by atoms with Gasteiger partial charge in [-0.2, -0.15) is 0 Å². The van der Waals surface area contributed by atoms with Gasteiger partial charge in [0.1, 0.15) is 5.75 Å². The van der Waals surface area contributed by atoms with E-state index in [1.54, 1.807) is 7.11 Å². The summed E-state index contributed by atoms with van der Waals surface area (Å²) in [7, 11) is 3.09. The molecule has 0 aliphatic carbocycles. The molecule has 1 atom stereocenters. The van der Waals surface area contributed by atoms with E-state index >= 15 is 0 Å². The smallest absolute Gasteiger partial charge is 0.307 e. The summed E-state index contributed by atoms with van der Waals surface area (Å²) < 4.78 is 10.1. The van der Waals surface area contributed by atoms with Crippen LogP contribution in [0.2, 0.25) is 0 Å². The summed E-state index contributed by atoms with van der Waals surface area (Å²) >= 11 is 0. The Kier molecular flexibility index (Phi) is 8.91. The molecule has 1 saturated heterocycles. The minimum absolute atomic E-state index is 0.207. The lowest BCUT2D eigenvalue weighted by molar-refractivity contribution is -0.140. The van der Waals surface area contributed by atoms with Crippen LogP contribution in [0.25, 0.3) is 0 Å². The zero-order chi connectivity index (χ0) is 19.5. The van der Waals surface area contributed by atoms with E-state index in [0.29, 0.717) is 25.5 Å². The Morgan fingerprint density at radius 2 is 2.04 bits per heavy atom. The van der Waals surface area contributed by atoms with Crippen molar-refractivity contribution in [3.63, 3.8) is 0 Å². The topological polar surface area (TPSA) is 75.2 Å². The van der Waals surface area contributed by atoms with Gasteiger partial charge in [0.2, 0.25) is 0 Å². The fourth-order valence-corrected chi connectivity index (χ4v) is 3.24. The van der Waals surface area contributed by atoms with E-state index in [-0.39, 0.29) is 12.0 Å². The molecule has 7 nitrogen and oxygen atoms in total. The van der Waals surface area contributed by atoms with Crippen LogP contribution in [0.1, 0.15) is 37.8 Å². The maximum absolute atomic E-state index is 11.3. The van der Waals surface area contributed by atoms with Crippen molar-refractivity contribution in [1.82, 2.24) is 15.5 Å². The second kappa shape index (κ2) is 11.4.